The van der Waals surface area contributed by atoms with Crippen LogP contribution in [0, 0.1) is 0 Å². The summed E-state index contributed by atoms with van der Waals surface area (Å²) in [6.45, 7) is 7.12. The molecule has 3 heteroatoms. The van der Waals surface area contributed by atoms with Crippen LogP contribution in [0.2, 0.25) is 0 Å². The Bertz CT molecular complexity index is 564. The molecule has 0 fully saturated rings. The van der Waals surface area contributed by atoms with Crippen molar-refractivity contribution in [1.82, 2.24) is 4.90 Å². The highest BCUT2D eigenvalue weighted by atomic mass is 16.5. The van der Waals surface area contributed by atoms with Crippen LogP contribution >= 0.6 is 0 Å². The van der Waals surface area contributed by atoms with Crippen molar-refractivity contribution in [2.24, 2.45) is 0 Å². The Kier molecular flexibility index (Phi) is 6.63. The van der Waals surface area contributed by atoms with Gasteiger partial charge in [-0.25, -0.2) is 0 Å². The number of benzene rings is 2. The molecule has 0 aromatic heterocycles. The predicted molar refractivity (Wildman–Crippen MR) is 94.9 cm³/mol. The number of hydrogen-bond donors (Lipinski definition) is 1. The maximum absolute atomic E-state index is 11.0. The van der Waals surface area contributed by atoms with Gasteiger partial charge in [0, 0.05) is 12.5 Å². The van der Waals surface area contributed by atoms with Crippen LogP contribution in [0.1, 0.15) is 37.0 Å². The molecule has 124 valence electrons. The number of ether oxygens (including phenoxy) is 1. The summed E-state index contributed by atoms with van der Waals surface area (Å²) in [6, 6.07) is 18.0. The molecule has 0 saturated carbocycles. The minimum absolute atomic E-state index is 0.0458. The van der Waals surface area contributed by atoms with Gasteiger partial charge in [-0.1, -0.05) is 56.3 Å². The third-order valence-corrected chi connectivity index (χ3v) is 4.42. The molecule has 0 saturated heterocycles. The van der Waals surface area contributed by atoms with Gasteiger partial charge in [0.05, 0.1) is 13.2 Å². The van der Waals surface area contributed by atoms with Gasteiger partial charge in [-0.05, 0) is 36.3 Å². The maximum Gasteiger partial charge on any atom is 0.118 e. The lowest BCUT2D eigenvalue weighted by molar-refractivity contribution is 0.119. The molecule has 3 nitrogen and oxygen atoms in total. The first-order valence-electron chi connectivity index (χ1n) is 8.28. The SMILES string of the molecule is CCN(CC)CC(c1ccccc1)C(O)c1ccc(OC)cc1. The van der Waals surface area contributed by atoms with E-state index in [1.807, 2.05) is 42.5 Å². The number of aliphatic hydroxyl groups is 1. The van der Waals surface area contributed by atoms with Crippen LogP contribution in [0.25, 0.3) is 0 Å². The zero-order valence-electron chi connectivity index (χ0n) is 14.3. The molecule has 1 N–H and O–H groups in total. The molecule has 23 heavy (non-hydrogen) atoms. The van der Waals surface area contributed by atoms with Crippen LogP contribution < -0.4 is 4.74 Å². The molecule has 2 rings (SSSR count). The van der Waals surface area contributed by atoms with Gasteiger partial charge in [0.2, 0.25) is 0 Å². The third kappa shape index (κ3) is 4.57. The first kappa shape index (κ1) is 17.5. The van der Waals surface area contributed by atoms with Crippen molar-refractivity contribution in [3.05, 3.63) is 65.7 Å². The van der Waals surface area contributed by atoms with E-state index in [4.69, 9.17) is 4.74 Å². The zero-order valence-corrected chi connectivity index (χ0v) is 14.3. The van der Waals surface area contributed by atoms with Crippen molar-refractivity contribution in [1.29, 1.82) is 0 Å². The molecular formula is C20H27NO2. The minimum Gasteiger partial charge on any atom is -0.497 e. The summed E-state index contributed by atoms with van der Waals surface area (Å²) in [5.74, 6) is 0.852. The lowest BCUT2D eigenvalue weighted by Gasteiger charge is -2.29. The van der Waals surface area contributed by atoms with Gasteiger partial charge in [-0.15, -0.1) is 0 Å². The molecule has 0 heterocycles. The van der Waals surface area contributed by atoms with Crippen molar-refractivity contribution >= 4 is 0 Å². The summed E-state index contributed by atoms with van der Waals surface area (Å²) < 4.78 is 5.20. The smallest absolute Gasteiger partial charge is 0.118 e. The highest BCUT2D eigenvalue weighted by Gasteiger charge is 2.24. The lowest BCUT2D eigenvalue weighted by atomic mass is 9.88. The number of methoxy groups -OCH3 is 1. The monoisotopic (exact) mass is 313 g/mol. The number of rotatable bonds is 8. The molecule has 2 unspecified atom stereocenters. The quantitative estimate of drug-likeness (QED) is 0.803. The largest absolute Gasteiger partial charge is 0.497 e. The Morgan fingerprint density at radius 3 is 2.04 bits per heavy atom. The Morgan fingerprint density at radius 2 is 1.52 bits per heavy atom. The molecule has 2 atom stereocenters. The molecule has 0 aliphatic rings. The first-order valence-corrected chi connectivity index (χ1v) is 8.28. The molecule has 0 aliphatic heterocycles. The van der Waals surface area contributed by atoms with Crippen molar-refractivity contribution in [2.45, 2.75) is 25.9 Å². The van der Waals surface area contributed by atoms with Crippen molar-refractivity contribution < 1.29 is 9.84 Å². The van der Waals surface area contributed by atoms with Crippen molar-refractivity contribution in [2.75, 3.05) is 26.7 Å². The number of aliphatic hydroxyl groups excluding tert-OH is 1. The summed E-state index contributed by atoms with van der Waals surface area (Å²) in [6.07, 6.45) is -0.538. The Hall–Kier alpha value is -1.84. The topological polar surface area (TPSA) is 32.7 Å². The number of hydrogen-bond acceptors (Lipinski definition) is 3. The van der Waals surface area contributed by atoms with Gasteiger partial charge in [0.15, 0.2) is 0 Å². The normalized spacial score (nSPS) is 13.8. The van der Waals surface area contributed by atoms with Gasteiger partial charge in [0.25, 0.3) is 0 Å². The maximum atomic E-state index is 11.0. The van der Waals surface area contributed by atoms with E-state index in [0.29, 0.717) is 0 Å². The molecule has 0 bridgehead atoms. The Morgan fingerprint density at radius 1 is 0.913 bits per heavy atom. The van der Waals surface area contributed by atoms with Crippen molar-refractivity contribution in [3.8, 4) is 5.75 Å². The van der Waals surface area contributed by atoms with Gasteiger partial charge < -0.3 is 14.7 Å². The fraction of sp³-hybridized carbons (Fsp3) is 0.400. The van der Waals surface area contributed by atoms with Crippen LogP contribution in [0.3, 0.4) is 0 Å². The second-order valence-corrected chi connectivity index (χ2v) is 5.72. The summed E-state index contributed by atoms with van der Waals surface area (Å²) in [4.78, 5) is 2.35. The molecule has 0 aliphatic carbocycles. The number of nitrogens with zero attached hydrogens (tertiary/aromatic N) is 1. The predicted octanol–water partition coefficient (Wildman–Crippen LogP) is 3.85. The molecule has 0 spiro atoms. The average molecular weight is 313 g/mol. The van der Waals surface area contributed by atoms with Crippen LogP contribution in [0.15, 0.2) is 54.6 Å². The Balaban J connectivity index is 2.27. The van der Waals surface area contributed by atoms with E-state index in [-0.39, 0.29) is 5.92 Å². The van der Waals surface area contributed by atoms with Gasteiger partial charge in [0.1, 0.15) is 5.75 Å². The van der Waals surface area contributed by atoms with Crippen LogP contribution in [-0.4, -0.2) is 36.8 Å². The highest BCUT2D eigenvalue weighted by molar-refractivity contribution is 5.31. The van der Waals surface area contributed by atoms with Gasteiger partial charge in [-0.3, -0.25) is 0 Å². The van der Waals surface area contributed by atoms with Gasteiger partial charge in [-0.2, -0.15) is 0 Å². The van der Waals surface area contributed by atoms with Crippen LogP contribution in [-0.2, 0) is 0 Å². The summed E-state index contributed by atoms with van der Waals surface area (Å²) in [5, 5.41) is 11.0. The van der Waals surface area contributed by atoms with E-state index in [2.05, 4.69) is 30.9 Å². The van der Waals surface area contributed by atoms with E-state index >= 15 is 0 Å². The zero-order chi connectivity index (χ0) is 16.7. The third-order valence-electron chi connectivity index (χ3n) is 4.42. The van der Waals surface area contributed by atoms with E-state index in [0.717, 1.165) is 30.9 Å². The summed E-state index contributed by atoms with van der Waals surface area (Å²) in [5.41, 5.74) is 2.09. The molecule has 2 aromatic carbocycles. The first-order chi connectivity index (χ1) is 11.2. The molecular weight excluding hydrogens is 286 g/mol. The fourth-order valence-corrected chi connectivity index (χ4v) is 2.88. The second kappa shape index (κ2) is 8.70. The average Bonchev–Trinajstić information content (AvgIpc) is 2.63. The Labute approximate surface area is 139 Å². The summed E-state index contributed by atoms with van der Waals surface area (Å²) >= 11 is 0. The lowest BCUT2D eigenvalue weighted by Crippen LogP contribution is -2.31. The molecule has 2 aromatic rings. The van der Waals surface area contributed by atoms with Crippen LogP contribution in [0.5, 0.6) is 5.75 Å². The van der Waals surface area contributed by atoms with E-state index in [1.165, 1.54) is 5.56 Å². The second-order valence-electron chi connectivity index (χ2n) is 5.72. The van der Waals surface area contributed by atoms with Crippen molar-refractivity contribution in [3.63, 3.8) is 0 Å². The highest BCUT2D eigenvalue weighted by Crippen LogP contribution is 2.32. The molecule has 0 amide bonds. The van der Waals surface area contributed by atoms with Crippen LogP contribution in [0.4, 0.5) is 0 Å². The summed E-state index contributed by atoms with van der Waals surface area (Å²) in [7, 11) is 1.65. The van der Waals surface area contributed by atoms with Gasteiger partial charge >= 0.3 is 0 Å². The van der Waals surface area contributed by atoms with E-state index in [9.17, 15) is 5.11 Å². The van der Waals surface area contributed by atoms with E-state index in [1.54, 1.807) is 7.11 Å². The molecule has 0 radical (unpaired) electrons. The number of likely N-dealkylation sites (N-methyl/N-ethyl adjacent to an activating group) is 1. The standard InChI is InChI=1S/C20H27NO2/c1-4-21(5-2)15-19(16-9-7-6-8-10-16)20(22)17-11-13-18(23-3)14-12-17/h6-14,19-20,22H,4-5,15H2,1-3H3. The minimum atomic E-state index is -0.538. The fourth-order valence-electron chi connectivity index (χ4n) is 2.88. The van der Waals surface area contributed by atoms with E-state index < -0.39 is 6.10 Å².